The first-order valence-electron chi connectivity index (χ1n) is 5.42. The van der Waals surface area contributed by atoms with Gasteiger partial charge in [0, 0.05) is 10.5 Å². The molecule has 5 heteroatoms. The van der Waals surface area contributed by atoms with Crippen molar-refractivity contribution >= 4 is 28.6 Å². The van der Waals surface area contributed by atoms with Crippen LogP contribution in [0.2, 0.25) is 0 Å². The molecule has 0 heterocycles. The van der Waals surface area contributed by atoms with Crippen LogP contribution in [0.3, 0.4) is 0 Å². The van der Waals surface area contributed by atoms with Gasteiger partial charge in [0.2, 0.25) is 0 Å². The topological polar surface area (TPSA) is 26.3 Å². The second-order valence-corrected chi connectivity index (χ2v) is 5.13. The standard InChI is InChI=1S/C14H10ClFO2S/c1-18-11-3-2-4-12(13(11)16)19-10-7-5-9(6-8-10)14(15)17/h2-8H,1H3. The fraction of sp³-hybridized carbons (Fsp3) is 0.0714. The minimum atomic E-state index is -0.510. The van der Waals surface area contributed by atoms with Crippen molar-refractivity contribution in [2.45, 2.75) is 9.79 Å². The second-order valence-electron chi connectivity index (χ2n) is 3.67. The van der Waals surface area contributed by atoms with Crippen LogP contribution in [0.1, 0.15) is 10.4 Å². The predicted octanol–water partition coefficient (Wildman–Crippen LogP) is 4.36. The molecule has 0 aliphatic rings. The zero-order valence-electron chi connectivity index (χ0n) is 10.0. The summed E-state index contributed by atoms with van der Waals surface area (Å²) in [6, 6.07) is 11.6. The summed E-state index contributed by atoms with van der Waals surface area (Å²) in [4.78, 5) is 12.2. The lowest BCUT2D eigenvalue weighted by Gasteiger charge is -2.07. The molecule has 0 unspecified atom stereocenters. The largest absolute Gasteiger partial charge is 0.494 e. The Hall–Kier alpha value is -1.52. The summed E-state index contributed by atoms with van der Waals surface area (Å²) in [5.74, 6) is -0.190. The highest BCUT2D eigenvalue weighted by atomic mass is 35.5. The van der Waals surface area contributed by atoms with Crippen LogP contribution in [-0.2, 0) is 0 Å². The van der Waals surface area contributed by atoms with E-state index in [1.807, 2.05) is 0 Å². The fourth-order valence-electron chi connectivity index (χ4n) is 1.51. The zero-order chi connectivity index (χ0) is 13.8. The van der Waals surface area contributed by atoms with Gasteiger partial charge >= 0.3 is 0 Å². The number of carbonyl (C=O) groups is 1. The summed E-state index contributed by atoms with van der Waals surface area (Å²) in [5, 5.41) is -0.510. The molecule has 2 nitrogen and oxygen atoms in total. The van der Waals surface area contributed by atoms with E-state index < -0.39 is 11.1 Å². The molecule has 0 radical (unpaired) electrons. The normalized spacial score (nSPS) is 10.3. The van der Waals surface area contributed by atoms with Crippen LogP contribution in [0.5, 0.6) is 5.75 Å². The number of hydrogen-bond acceptors (Lipinski definition) is 3. The van der Waals surface area contributed by atoms with Gasteiger partial charge in [-0.1, -0.05) is 17.8 Å². The lowest BCUT2D eigenvalue weighted by molar-refractivity contribution is 0.108. The van der Waals surface area contributed by atoms with Crippen LogP contribution < -0.4 is 4.74 Å². The molecule has 0 bridgehead atoms. The maximum Gasteiger partial charge on any atom is 0.252 e. The molecule has 2 aromatic carbocycles. The minimum Gasteiger partial charge on any atom is -0.494 e. The van der Waals surface area contributed by atoms with Crippen LogP contribution in [0, 0.1) is 5.82 Å². The third kappa shape index (κ3) is 3.28. The summed E-state index contributed by atoms with van der Waals surface area (Å²) >= 11 is 6.61. The van der Waals surface area contributed by atoms with Gasteiger partial charge in [-0.15, -0.1) is 0 Å². The van der Waals surface area contributed by atoms with Gasteiger partial charge in [0.15, 0.2) is 11.6 Å². The lowest BCUT2D eigenvalue weighted by atomic mass is 10.2. The predicted molar refractivity (Wildman–Crippen MR) is 73.7 cm³/mol. The third-order valence-corrected chi connectivity index (χ3v) is 3.72. The van der Waals surface area contributed by atoms with Crippen LogP contribution in [0.25, 0.3) is 0 Å². The van der Waals surface area contributed by atoms with E-state index in [0.717, 1.165) is 4.90 Å². The summed E-state index contributed by atoms with van der Waals surface area (Å²) in [7, 11) is 1.42. The Labute approximate surface area is 119 Å². The minimum absolute atomic E-state index is 0.206. The number of halogens is 2. The average molecular weight is 297 g/mol. The molecule has 0 atom stereocenters. The van der Waals surface area contributed by atoms with Crippen molar-refractivity contribution in [2.24, 2.45) is 0 Å². The van der Waals surface area contributed by atoms with E-state index in [4.69, 9.17) is 16.3 Å². The molecule has 0 aliphatic heterocycles. The first-order valence-corrected chi connectivity index (χ1v) is 6.61. The van der Waals surface area contributed by atoms with E-state index in [-0.39, 0.29) is 5.75 Å². The second kappa shape index (κ2) is 6.08. The van der Waals surface area contributed by atoms with E-state index >= 15 is 0 Å². The molecule has 0 fully saturated rings. The van der Waals surface area contributed by atoms with Gasteiger partial charge in [0.1, 0.15) is 0 Å². The van der Waals surface area contributed by atoms with E-state index in [9.17, 15) is 9.18 Å². The molecule has 0 aliphatic carbocycles. The summed E-state index contributed by atoms with van der Waals surface area (Å²) in [6.07, 6.45) is 0. The van der Waals surface area contributed by atoms with Crippen LogP contribution in [0.4, 0.5) is 4.39 Å². The third-order valence-electron chi connectivity index (χ3n) is 2.46. The molecule has 0 amide bonds. The number of carbonyl (C=O) groups excluding carboxylic acids is 1. The van der Waals surface area contributed by atoms with Gasteiger partial charge in [-0.3, -0.25) is 4.79 Å². The zero-order valence-corrected chi connectivity index (χ0v) is 11.6. The van der Waals surface area contributed by atoms with Crippen LogP contribution >= 0.6 is 23.4 Å². The molecule has 0 saturated carbocycles. The van der Waals surface area contributed by atoms with Gasteiger partial charge in [-0.25, -0.2) is 4.39 Å². The first kappa shape index (κ1) is 13.9. The Morgan fingerprint density at radius 2 is 1.89 bits per heavy atom. The van der Waals surface area contributed by atoms with Crippen molar-refractivity contribution in [2.75, 3.05) is 7.11 Å². The Bertz CT molecular complexity index is 599. The SMILES string of the molecule is COc1cccc(Sc2ccc(C(=O)Cl)cc2)c1F. The molecular weight excluding hydrogens is 287 g/mol. The highest BCUT2D eigenvalue weighted by molar-refractivity contribution is 7.99. The van der Waals surface area contributed by atoms with E-state index in [0.29, 0.717) is 10.5 Å². The van der Waals surface area contributed by atoms with Crippen molar-refractivity contribution in [1.82, 2.24) is 0 Å². The van der Waals surface area contributed by atoms with E-state index in [1.165, 1.54) is 18.9 Å². The van der Waals surface area contributed by atoms with Gasteiger partial charge in [0.25, 0.3) is 5.24 Å². The highest BCUT2D eigenvalue weighted by Crippen LogP contribution is 2.33. The van der Waals surface area contributed by atoms with E-state index in [1.54, 1.807) is 42.5 Å². The quantitative estimate of drug-likeness (QED) is 0.784. The fourth-order valence-corrected chi connectivity index (χ4v) is 2.50. The molecule has 0 N–H and O–H groups in total. The Morgan fingerprint density at radius 1 is 1.21 bits per heavy atom. The lowest BCUT2D eigenvalue weighted by Crippen LogP contribution is -1.90. The first-order chi connectivity index (χ1) is 9.11. The van der Waals surface area contributed by atoms with Gasteiger partial charge in [0.05, 0.1) is 12.0 Å². The molecule has 2 aromatic rings. The Balaban J connectivity index is 2.24. The van der Waals surface area contributed by atoms with Gasteiger partial charge in [-0.2, -0.15) is 0 Å². The molecule has 98 valence electrons. The van der Waals surface area contributed by atoms with Crippen molar-refractivity contribution < 1.29 is 13.9 Å². The van der Waals surface area contributed by atoms with Crippen molar-refractivity contribution in [1.29, 1.82) is 0 Å². The van der Waals surface area contributed by atoms with Crippen LogP contribution in [0.15, 0.2) is 52.3 Å². The number of hydrogen-bond donors (Lipinski definition) is 0. The van der Waals surface area contributed by atoms with Crippen LogP contribution in [-0.4, -0.2) is 12.4 Å². The maximum absolute atomic E-state index is 13.9. The van der Waals surface area contributed by atoms with E-state index in [2.05, 4.69) is 0 Å². The number of rotatable bonds is 4. The van der Waals surface area contributed by atoms with Crippen molar-refractivity contribution in [3.05, 3.63) is 53.8 Å². The maximum atomic E-state index is 13.9. The summed E-state index contributed by atoms with van der Waals surface area (Å²) in [6.45, 7) is 0. The smallest absolute Gasteiger partial charge is 0.252 e. The molecule has 0 spiro atoms. The molecule has 0 aromatic heterocycles. The monoisotopic (exact) mass is 296 g/mol. The summed E-state index contributed by atoms with van der Waals surface area (Å²) in [5.41, 5.74) is 0.414. The van der Waals surface area contributed by atoms with Gasteiger partial charge < -0.3 is 4.74 Å². The number of ether oxygens (including phenoxy) is 1. The Kier molecular flexibility index (Phi) is 4.45. The average Bonchev–Trinajstić information content (AvgIpc) is 2.42. The highest BCUT2D eigenvalue weighted by Gasteiger charge is 2.10. The molecule has 2 rings (SSSR count). The Morgan fingerprint density at radius 3 is 2.47 bits per heavy atom. The number of methoxy groups -OCH3 is 1. The number of benzene rings is 2. The summed E-state index contributed by atoms with van der Waals surface area (Å²) < 4.78 is 18.9. The molecule has 19 heavy (non-hydrogen) atoms. The van der Waals surface area contributed by atoms with Crippen molar-refractivity contribution in [3.63, 3.8) is 0 Å². The molecular formula is C14H10ClFO2S. The van der Waals surface area contributed by atoms with Gasteiger partial charge in [-0.05, 0) is 48.0 Å². The van der Waals surface area contributed by atoms with Crippen molar-refractivity contribution in [3.8, 4) is 5.75 Å². The molecule has 0 saturated heterocycles.